The van der Waals surface area contributed by atoms with E-state index in [9.17, 15) is 4.79 Å². The van der Waals surface area contributed by atoms with Crippen molar-refractivity contribution in [2.45, 2.75) is 51.5 Å². The molecule has 1 saturated heterocycles. The zero-order valence-electron chi connectivity index (χ0n) is 12.8. The molecule has 3 rings (SSSR count). The quantitative estimate of drug-likeness (QED) is 0.900. The van der Waals surface area contributed by atoms with Crippen molar-refractivity contribution in [2.75, 3.05) is 19.6 Å². The van der Waals surface area contributed by atoms with Crippen LogP contribution >= 0.6 is 0 Å². The van der Waals surface area contributed by atoms with Crippen molar-refractivity contribution in [2.24, 2.45) is 5.92 Å². The van der Waals surface area contributed by atoms with Gasteiger partial charge in [0, 0.05) is 25.2 Å². The molecule has 1 N–H and O–H groups in total. The lowest BCUT2D eigenvalue weighted by atomic mass is 10.1. The third-order valence-corrected chi connectivity index (χ3v) is 4.76. The molecule has 2 aliphatic rings. The molecule has 5 nitrogen and oxygen atoms in total. The minimum absolute atomic E-state index is 0.0328. The summed E-state index contributed by atoms with van der Waals surface area (Å²) in [6.07, 6.45) is 7.00. The Labute approximate surface area is 126 Å². The standard InChI is InChI=1S/C16H25N3O2/c1-12-8-15(21-18-12)9-16(20)17-10-13-6-7-19(11-13)14-4-2-3-5-14/h8,13-14H,2-7,9-11H2,1H3,(H,17,20)/t13-/m1/s1. The lowest BCUT2D eigenvalue weighted by Crippen LogP contribution is -2.34. The van der Waals surface area contributed by atoms with Gasteiger partial charge >= 0.3 is 0 Å². The maximum absolute atomic E-state index is 11.9. The Hall–Kier alpha value is -1.36. The third kappa shape index (κ3) is 3.84. The Morgan fingerprint density at radius 2 is 2.24 bits per heavy atom. The molecule has 0 spiro atoms. The molecule has 0 bridgehead atoms. The second-order valence-corrected chi connectivity index (χ2v) is 6.50. The number of amides is 1. The molecule has 1 atom stereocenters. The molecule has 1 aromatic rings. The number of likely N-dealkylation sites (tertiary alicyclic amines) is 1. The smallest absolute Gasteiger partial charge is 0.227 e. The fraction of sp³-hybridized carbons (Fsp3) is 0.750. The Bertz CT molecular complexity index is 480. The summed E-state index contributed by atoms with van der Waals surface area (Å²) in [5, 5.41) is 6.84. The molecule has 0 aromatic carbocycles. The van der Waals surface area contributed by atoms with Crippen LogP contribution in [0, 0.1) is 12.8 Å². The second kappa shape index (κ2) is 6.60. The normalized spacial score (nSPS) is 23.8. The minimum atomic E-state index is 0.0328. The zero-order chi connectivity index (χ0) is 14.7. The van der Waals surface area contributed by atoms with Crippen LogP contribution in [0.15, 0.2) is 10.6 Å². The van der Waals surface area contributed by atoms with Crippen molar-refractivity contribution in [1.82, 2.24) is 15.4 Å². The number of nitrogens with one attached hydrogen (secondary N) is 1. The molecule has 1 amide bonds. The predicted octanol–water partition coefficient (Wildman–Crippen LogP) is 1.91. The SMILES string of the molecule is Cc1cc(CC(=O)NC[C@H]2CCN(C3CCCC3)C2)on1. The van der Waals surface area contributed by atoms with Crippen LogP contribution in [0.3, 0.4) is 0 Å². The van der Waals surface area contributed by atoms with Crippen molar-refractivity contribution < 1.29 is 9.32 Å². The summed E-state index contributed by atoms with van der Waals surface area (Å²) in [6, 6.07) is 2.62. The van der Waals surface area contributed by atoms with E-state index in [0.717, 1.165) is 24.8 Å². The zero-order valence-corrected chi connectivity index (χ0v) is 12.8. The highest BCUT2D eigenvalue weighted by molar-refractivity contribution is 5.77. The van der Waals surface area contributed by atoms with Gasteiger partial charge in [-0.05, 0) is 38.6 Å². The highest BCUT2D eigenvalue weighted by Gasteiger charge is 2.29. The highest BCUT2D eigenvalue weighted by atomic mass is 16.5. The number of carbonyl (C=O) groups excluding carboxylic acids is 1. The van der Waals surface area contributed by atoms with Gasteiger partial charge in [-0.2, -0.15) is 0 Å². The van der Waals surface area contributed by atoms with E-state index in [-0.39, 0.29) is 5.91 Å². The molecule has 116 valence electrons. The number of nitrogens with zero attached hydrogens (tertiary/aromatic N) is 2. The van der Waals surface area contributed by atoms with Gasteiger partial charge in [0.05, 0.1) is 12.1 Å². The molecular weight excluding hydrogens is 266 g/mol. The van der Waals surface area contributed by atoms with Gasteiger partial charge in [0.25, 0.3) is 0 Å². The lowest BCUT2D eigenvalue weighted by Gasteiger charge is -2.23. The first-order valence-corrected chi connectivity index (χ1v) is 8.13. The molecule has 0 radical (unpaired) electrons. The molecule has 1 saturated carbocycles. The van der Waals surface area contributed by atoms with Crippen molar-refractivity contribution in [3.05, 3.63) is 17.5 Å². The Balaban J connectivity index is 1.38. The molecule has 1 aliphatic heterocycles. The molecule has 2 fully saturated rings. The van der Waals surface area contributed by atoms with Crippen LogP contribution in [0.4, 0.5) is 0 Å². The van der Waals surface area contributed by atoms with E-state index in [4.69, 9.17) is 4.52 Å². The summed E-state index contributed by atoms with van der Waals surface area (Å²) in [5.74, 6) is 1.28. The Morgan fingerprint density at radius 1 is 1.43 bits per heavy atom. The predicted molar refractivity (Wildman–Crippen MR) is 79.9 cm³/mol. The summed E-state index contributed by atoms with van der Waals surface area (Å²) in [4.78, 5) is 14.5. The van der Waals surface area contributed by atoms with E-state index in [1.807, 2.05) is 13.0 Å². The number of aryl methyl sites for hydroxylation is 1. The summed E-state index contributed by atoms with van der Waals surface area (Å²) >= 11 is 0. The van der Waals surface area contributed by atoms with E-state index < -0.39 is 0 Å². The molecular formula is C16H25N3O2. The van der Waals surface area contributed by atoms with E-state index in [2.05, 4.69) is 15.4 Å². The van der Waals surface area contributed by atoms with E-state index in [1.54, 1.807) is 0 Å². The van der Waals surface area contributed by atoms with Crippen molar-refractivity contribution in [3.8, 4) is 0 Å². The second-order valence-electron chi connectivity index (χ2n) is 6.50. The van der Waals surface area contributed by atoms with Crippen LogP contribution in [0.5, 0.6) is 0 Å². The molecule has 5 heteroatoms. The first-order valence-electron chi connectivity index (χ1n) is 8.13. The number of rotatable bonds is 5. The lowest BCUT2D eigenvalue weighted by molar-refractivity contribution is -0.120. The molecule has 21 heavy (non-hydrogen) atoms. The van der Waals surface area contributed by atoms with Crippen molar-refractivity contribution in [3.63, 3.8) is 0 Å². The maximum Gasteiger partial charge on any atom is 0.227 e. The molecule has 0 unspecified atom stereocenters. The van der Waals surface area contributed by atoms with Crippen molar-refractivity contribution in [1.29, 1.82) is 0 Å². The van der Waals surface area contributed by atoms with Crippen LogP contribution in [-0.2, 0) is 11.2 Å². The average Bonchev–Trinajstić information content (AvgIpc) is 3.17. The number of hydrogen-bond donors (Lipinski definition) is 1. The largest absolute Gasteiger partial charge is 0.361 e. The first kappa shape index (κ1) is 14.6. The van der Waals surface area contributed by atoms with Gasteiger partial charge in [-0.25, -0.2) is 0 Å². The summed E-state index contributed by atoms with van der Waals surface area (Å²) in [7, 11) is 0. The van der Waals surface area contributed by atoms with E-state index in [1.165, 1.54) is 38.6 Å². The van der Waals surface area contributed by atoms with Gasteiger partial charge < -0.3 is 14.7 Å². The average molecular weight is 291 g/mol. The van der Waals surface area contributed by atoms with Gasteiger partial charge in [-0.1, -0.05) is 18.0 Å². The fourth-order valence-electron chi connectivity index (χ4n) is 3.61. The van der Waals surface area contributed by atoms with Gasteiger partial charge in [0.1, 0.15) is 5.76 Å². The first-order chi connectivity index (χ1) is 10.2. The van der Waals surface area contributed by atoms with Gasteiger partial charge in [-0.3, -0.25) is 4.79 Å². The maximum atomic E-state index is 11.9. The number of aromatic nitrogens is 1. The monoisotopic (exact) mass is 291 g/mol. The topological polar surface area (TPSA) is 58.4 Å². The van der Waals surface area contributed by atoms with Crippen LogP contribution in [0.1, 0.15) is 43.6 Å². The van der Waals surface area contributed by atoms with Crippen LogP contribution in [0.25, 0.3) is 0 Å². The number of carbonyl (C=O) groups is 1. The van der Waals surface area contributed by atoms with Crippen LogP contribution < -0.4 is 5.32 Å². The molecule has 2 heterocycles. The summed E-state index contributed by atoms with van der Waals surface area (Å²) in [6.45, 7) is 5.00. The fourth-order valence-corrected chi connectivity index (χ4v) is 3.61. The van der Waals surface area contributed by atoms with Crippen LogP contribution in [-0.4, -0.2) is 41.6 Å². The van der Waals surface area contributed by atoms with E-state index in [0.29, 0.717) is 18.1 Å². The van der Waals surface area contributed by atoms with Crippen LogP contribution in [0.2, 0.25) is 0 Å². The minimum Gasteiger partial charge on any atom is -0.361 e. The summed E-state index contributed by atoms with van der Waals surface area (Å²) < 4.78 is 5.07. The van der Waals surface area contributed by atoms with Gasteiger partial charge in [0.2, 0.25) is 5.91 Å². The Morgan fingerprint density at radius 3 is 2.95 bits per heavy atom. The van der Waals surface area contributed by atoms with Gasteiger partial charge in [-0.15, -0.1) is 0 Å². The van der Waals surface area contributed by atoms with Gasteiger partial charge in [0.15, 0.2) is 0 Å². The van der Waals surface area contributed by atoms with E-state index >= 15 is 0 Å². The van der Waals surface area contributed by atoms with Crippen molar-refractivity contribution >= 4 is 5.91 Å². The number of hydrogen-bond acceptors (Lipinski definition) is 4. The third-order valence-electron chi connectivity index (χ3n) is 4.76. The molecule has 1 aromatic heterocycles. The Kier molecular flexibility index (Phi) is 4.58. The summed E-state index contributed by atoms with van der Waals surface area (Å²) in [5.41, 5.74) is 0.820. The molecule has 1 aliphatic carbocycles. The highest BCUT2D eigenvalue weighted by Crippen LogP contribution is 2.28.